The van der Waals surface area contributed by atoms with Crippen molar-refractivity contribution in [2.45, 2.75) is 12.8 Å². The molecule has 1 aromatic rings. The molecule has 2 nitrogen and oxygen atoms in total. The molecule has 0 heterocycles. The van der Waals surface area contributed by atoms with E-state index in [0.717, 1.165) is 0 Å². The van der Waals surface area contributed by atoms with Crippen molar-refractivity contribution in [3.05, 3.63) is 39.7 Å². The Balaban J connectivity index is 2.66. The Morgan fingerprint density at radius 3 is 2.00 bits per heavy atom. The maximum Gasteiger partial charge on any atom is 0.205 e. The number of benzene rings is 1. The highest BCUT2D eigenvalue weighted by atomic mass is 127. The summed E-state index contributed by atoms with van der Waals surface area (Å²) < 4.78 is 62.0. The van der Waals surface area contributed by atoms with Crippen molar-refractivity contribution in [1.82, 2.24) is 0 Å². The van der Waals surface area contributed by atoms with Crippen LogP contribution in [0.2, 0.25) is 0 Å². The molecule has 0 aliphatic heterocycles. The Hall–Kier alpha value is -0.990. The van der Waals surface area contributed by atoms with Crippen molar-refractivity contribution in [2.75, 3.05) is 13.2 Å². The monoisotopic (exact) mass is 390 g/mol. The summed E-state index contributed by atoms with van der Waals surface area (Å²) in [6.07, 6.45) is 2.25. The average Bonchev–Trinajstić information content (AvgIpc) is 2.41. The molecule has 0 bridgehead atoms. The third-order valence-corrected chi connectivity index (χ3v) is 3.14. The van der Waals surface area contributed by atoms with Gasteiger partial charge in [-0.2, -0.15) is 8.78 Å². The molecule has 0 atom stereocenters. The molecule has 19 heavy (non-hydrogen) atoms. The van der Waals surface area contributed by atoms with Gasteiger partial charge in [-0.15, -0.1) is 0 Å². The van der Waals surface area contributed by atoms with Crippen LogP contribution in [0.1, 0.15) is 12.8 Å². The van der Waals surface area contributed by atoms with Crippen LogP contribution in [0.5, 0.6) is 5.75 Å². The molecular weight excluding hydrogens is 379 g/mol. The first-order valence-electron chi connectivity index (χ1n) is 5.37. The Bertz CT molecular complexity index is 437. The van der Waals surface area contributed by atoms with Crippen molar-refractivity contribution in [3.63, 3.8) is 0 Å². The quantitative estimate of drug-likeness (QED) is 0.174. The van der Waals surface area contributed by atoms with Gasteiger partial charge in [0.1, 0.15) is 0 Å². The predicted octanol–water partition coefficient (Wildman–Crippen LogP) is 4.17. The molecule has 0 fully saturated rings. The van der Waals surface area contributed by atoms with Crippen LogP contribution in [0.4, 0.5) is 17.6 Å². The van der Waals surface area contributed by atoms with Crippen LogP contribution in [0.3, 0.4) is 0 Å². The van der Waals surface area contributed by atoms with Gasteiger partial charge >= 0.3 is 0 Å². The zero-order valence-electron chi connectivity index (χ0n) is 9.82. The molecule has 0 saturated heterocycles. The molecule has 0 aromatic heterocycles. The van der Waals surface area contributed by atoms with Crippen molar-refractivity contribution in [1.29, 1.82) is 0 Å². The van der Waals surface area contributed by atoms with Gasteiger partial charge in [-0.3, -0.25) is 0 Å². The standard InChI is InChI=1S/C12H11F4IO2/c1-2-18-5-3-4-6-19-12-9(15)7(13)11(17)8(14)10(12)16/h2H,1,3-6H2. The Labute approximate surface area is 121 Å². The van der Waals surface area contributed by atoms with Crippen LogP contribution in [0.25, 0.3) is 0 Å². The highest BCUT2D eigenvalue weighted by Gasteiger charge is 2.25. The zero-order chi connectivity index (χ0) is 14.4. The van der Waals surface area contributed by atoms with E-state index in [-0.39, 0.29) is 6.61 Å². The molecule has 0 aliphatic carbocycles. The van der Waals surface area contributed by atoms with Gasteiger partial charge in [-0.25, -0.2) is 8.78 Å². The molecule has 1 rings (SSSR count). The summed E-state index contributed by atoms with van der Waals surface area (Å²) in [5, 5.41) is 0. The molecule has 106 valence electrons. The first kappa shape index (κ1) is 16.1. The van der Waals surface area contributed by atoms with E-state index in [9.17, 15) is 17.6 Å². The van der Waals surface area contributed by atoms with Crippen molar-refractivity contribution < 1.29 is 27.0 Å². The Morgan fingerprint density at radius 2 is 1.47 bits per heavy atom. The van der Waals surface area contributed by atoms with Crippen molar-refractivity contribution in [3.8, 4) is 5.75 Å². The third-order valence-electron chi connectivity index (χ3n) is 2.19. The molecule has 0 saturated carbocycles. The molecule has 0 N–H and O–H groups in total. The molecular formula is C12H11F4IO2. The van der Waals surface area contributed by atoms with E-state index in [4.69, 9.17) is 9.47 Å². The van der Waals surface area contributed by atoms with Gasteiger partial charge in [0.25, 0.3) is 0 Å². The Kier molecular flexibility index (Phi) is 6.40. The first-order chi connectivity index (χ1) is 9.00. The fraction of sp³-hybridized carbons (Fsp3) is 0.333. The van der Waals surface area contributed by atoms with Gasteiger partial charge < -0.3 is 9.47 Å². The summed E-state index contributed by atoms with van der Waals surface area (Å²) in [5.41, 5.74) is 0. The van der Waals surface area contributed by atoms with E-state index >= 15 is 0 Å². The number of ether oxygens (including phenoxy) is 2. The lowest BCUT2D eigenvalue weighted by atomic mass is 10.3. The number of halogens is 5. The predicted molar refractivity (Wildman–Crippen MR) is 69.9 cm³/mol. The minimum absolute atomic E-state index is 0.0756. The van der Waals surface area contributed by atoms with Crippen molar-refractivity contribution in [2.24, 2.45) is 0 Å². The summed E-state index contributed by atoms with van der Waals surface area (Å²) in [6, 6.07) is 0. The second-order valence-electron chi connectivity index (χ2n) is 3.49. The highest BCUT2D eigenvalue weighted by molar-refractivity contribution is 14.1. The van der Waals surface area contributed by atoms with E-state index in [2.05, 4.69) is 6.58 Å². The van der Waals surface area contributed by atoms with Gasteiger partial charge in [0.2, 0.25) is 11.6 Å². The molecule has 0 spiro atoms. The fourth-order valence-corrected chi connectivity index (χ4v) is 1.73. The number of unbranched alkanes of at least 4 members (excludes halogenated alkanes) is 1. The number of rotatable bonds is 7. The zero-order valence-corrected chi connectivity index (χ0v) is 12.0. The topological polar surface area (TPSA) is 18.5 Å². The summed E-state index contributed by atoms with van der Waals surface area (Å²) in [5.74, 6) is -6.98. The lowest BCUT2D eigenvalue weighted by Crippen LogP contribution is -2.08. The van der Waals surface area contributed by atoms with Crippen LogP contribution < -0.4 is 4.74 Å². The van der Waals surface area contributed by atoms with Crippen molar-refractivity contribution >= 4 is 22.6 Å². The third kappa shape index (κ3) is 3.99. The molecule has 7 heteroatoms. The number of hydrogen-bond acceptors (Lipinski definition) is 2. The Morgan fingerprint density at radius 1 is 0.947 bits per heavy atom. The van der Waals surface area contributed by atoms with Crippen LogP contribution >= 0.6 is 22.6 Å². The van der Waals surface area contributed by atoms with Crippen LogP contribution in [-0.2, 0) is 4.74 Å². The van der Waals surface area contributed by atoms with E-state index in [1.807, 2.05) is 0 Å². The minimum Gasteiger partial charge on any atom is -0.502 e. The summed E-state index contributed by atoms with van der Waals surface area (Å²) >= 11 is 1.19. The molecule has 0 radical (unpaired) electrons. The summed E-state index contributed by atoms with van der Waals surface area (Å²) in [4.78, 5) is 0. The lowest BCUT2D eigenvalue weighted by molar-refractivity contribution is 0.218. The smallest absolute Gasteiger partial charge is 0.205 e. The van der Waals surface area contributed by atoms with Gasteiger partial charge in [0.15, 0.2) is 17.4 Å². The maximum atomic E-state index is 13.4. The molecule has 1 aromatic carbocycles. The van der Waals surface area contributed by atoms with E-state index < -0.39 is 32.6 Å². The normalized spacial score (nSPS) is 10.4. The van der Waals surface area contributed by atoms with E-state index in [1.54, 1.807) is 0 Å². The van der Waals surface area contributed by atoms with Crippen LogP contribution in [-0.4, -0.2) is 13.2 Å². The van der Waals surface area contributed by atoms with Gasteiger partial charge in [0, 0.05) is 0 Å². The largest absolute Gasteiger partial charge is 0.502 e. The second kappa shape index (κ2) is 7.56. The summed E-state index contributed by atoms with van der Waals surface area (Å²) in [6.45, 7) is 3.65. The first-order valence-corrected chi connectivity index (χ1v) is 6.45. The second-order valence-corrected chi connectivity index (χ2v) is 4.57. The highest BCUT2D eigenvalue weighted by Crippen LogP contribution is 2.30. The SMILES string of the molecule is C=COCCCCOc1c(F)c(F)c(I)c(F)c1F. The molecule has 0 aliphatic rings. The minimum atomic E-state index is -1.52. The molecule has 0 unspecified atom stereocenters. The lowest BCUT2D eigenvalue weighted by Gasteiger charge is -2.10. The average molecular weight is 390 g/mol. The number of hydrogen-bond donors (Lipinski definition) is 0. The van der Waals surface area contributed by atoms with Gasteiger partial charge in [-0.05, 0) is 35.4 Å². The summed E-state index contributed by atoms with van der Waals surface area (Å²) in [7, 11) is 0. The van der Waals surface area contributed by atoms with Crippen LogP contribution in [0, 0.1) is 26.8 Å². The maximum absolute atomic E-state index is 13.4. The molecule has 0 amide bonds. The van der Waals surface area contributed by atoms with Gasteiger partial charge in [0.05, 0.1) is 23.0 Å². The fourth-order valence-electron chi connectivity index (χ4n) is 1.26. The van der Waals surface area contributed by atoms with E-state index in [1.165, 1.54) is 28.9 Å². The van der Waals surface area contributed by atoms with Gasteiger partial charge in [-0.1, -0.05) is 6.58 Å². The van der Waals surface area contributed by atoms with Crippen LogP contribution in [0.15, 0.2) is 12.8 Å². The van der Waals surface area contributed by atoms with E-state index in [0.29, 0.717) is 19.4 Å².